The number of nitrogens with one attached hydrogen (secondary N) is 2. The van der Waals surface area contributed by atoms with E-state index in [1.807, 2.05) is 35.6 Å². The van der Waals surface area contributed by atoms with Crippen molar-refractivity contribution in [2.45, 2.75) is 27.3 Å². The number of thiophene rings is 1. The molecule has 0 saturated heterocycles. The van der Waals surface area contributed by atoms with Gasteiger partial charge in [-0.25, -0.2) is 4.79 Å². The molecule has 4 nitrogen and oxygen atoms in total. The van der Waals surface area contributed by atoms with E-state index < -0.39 is 6.09 Å². The van der Waals surface area contributed by atoms with Gasteiger partial charge in [-0.15, -0.1) is 11.3 Å². The molecule has 1 aromatic carbocycles. The second-order valence-corrected chi connectivity index (χ2v) is 6.18. The topological polar surface area (TPSA) is 50.4 Å². The van der Waals surface area contributed by atoms with Gasteiger partial charge in [0.25, 0.3) is 0 Å². The minimum Gasteiger partial charge on any atom is -0.450 e. The molecular formula is C16H20N2O2S. The van der Waals surface area contributed by atoms with Crippen LogP contribution < -0.4 is 10.6 Å². The van der Waals surface area contributed by atoms with Gasteiger partial charge in [0.1, 0.15) is 0 Å². The number of carbonyl (C=O) groups excluding carboxylic acids is 1. The highest BCUT2D eigenvalue weighted by atomic mass is 32.1. The van der Waals surface area contributed by atoms with Gasteiger partial charge in [-0.2, -0.15) is 0 Å². The summed E-state index contributed by atoms with van der Waals surface area (Å²) in [4.78, 5) is 14.0. The van der Waals surface area contributed by atoms with Crippen LogP contribution in [-0.2, 0) is 11.3 Å². The molecule has 1 aromatic heterocycles. The molecule has 0 fully saturated rings. The van der Waals surface area contributed by atoms with Crippen LogP contribution in [-0.4, -0.2) is 12.7 Å². The Morgan fingerprint density at radius 3 is 2.43 bits per heavy atom. The highest BCUT2D eigenvalue weighted by Crippen LogP contribution is 2.22. The van der Waals surface area contributed by atoms with Crippen LogP contribution in [0.15, 0.2) is 30.3 Å². The van der Waals surface area contributed by atoms with Crippen LogP contribution >= 0.6 is 11.3 Å². The lowest BCUT2D eigenvalue weighted by atomic mass is 10.2. The number of ether oxygens (including phenoxy) is 1. The van der Waals surface area contributed by atoms with Crippen molar-refractivity contribution in [2.75, 3.05) is 17.2 Å². The first-order chi connectivity index (χ1) is 10.1. The van der Waals surface area contributed by atoms with Gasteiger partial charge in [0.15, 0.2) is 0 Å². The Labute approximate surface area is 129 Å². The molecule has 1 amide bonds. The molecule has 112 valence electrons. The summed E-state index contributed by atoms with van der Waals surface area (Å²) in [5.74, 6) is 0. The molecule has 0 aliphatic carbocycles. The molecule has 2 aromatic rings. The number of hydrogen-bond acceptors (Lipinski definition) is 4. The Hall–Kier alpha value is -2.01. The highest BCUT2D eigenvalue weighted by Gasteiger charge is 2.04. The molecule has 5 heteroatoms. The molecule has 0 radical (unpaired) electrons. The average molecular weight is 304 g/mol. The third-order valence-electron chi connectivity index (χ3n) is 3.03. The largest absolute Gasteiger partial charge is 0.450 e. The summed E-state index contributed by atoms with van der Waals surface area (Å²) in [6.07, 6.45) is -0.428. The molecule has 0 saturated carbocycles. The SMILES string of the molecule is CCOC(=O)Nc1ccc(NCc2cc(C)sc2C)cc1. The van der Waals surface area contributed by atoms with Crippen molar-refractivity contribution in [1.29, 1.82) is 0 Å². The smallest absolute Gasteiger partial charge is 0.411 e. The summed E-state index contributed by atoms with van der Waals surface area (Å²) in [6.45, 7) is 7.21. The molecule has 0 aliphatic rings. The molecule has 0 unspecified atom stereocenters. The predicted octanol–water partition coefficient (Wildman–Crippen LogP) is 4.55. The molecule has 2 rings (SSSR count). The molecule has 0 spiro atoms. The van der Waals surface area contributed by atoms with Crippen LogP contribution in [0.2, 0.25) is 0 Å². The number of carbonyl (C=O) groups is 1. The number of anilines is 2. The molecule has 1 heterocycles. The molecule has 0 atom stereocenters. The quantitative estimate of drug-likeness (QED) is 0.852. The number of rotatable bonds is 5. The maximum absolute atomic E-state index is 11.3. The first-order valence-electron chi connectivity index (χ1n) is 6.92. The van der Waals surface area contributed by atoms with Crippen molar-refractivity contribution in [3.63, 3.8) is 0 Å². The third kappa shape index (κ3) is 4.49. The standard InChI is InChI=1S/C16H20N2O2S/c1-4-20-16(19)18-15-7-5-14(6-8-15)17-10-13-9-11(2)21-12(13)3/h5-9,17H,4,10H2,1-3H3,(H,18,19). The summed E-state index contributed by atoms with van der Waals surface area (Å²) in [7, 11) is 0. The normalized spacial score (nSPS) is 10.2. The van der Waals surface area contributed by atoms with Gasteiger partial charge in [0.05, 0.1) is 6.61 Å². The maximum Gasteiger partial charge on any atom is 0.411 e. The lowest BCUT2D eigenvalue weighted by molar-refractivity contribution is 0.168. The molecule has 2 N–H and O–H groups in total. The summed E-state index contributed by atoms with van der Waals surface area (Å²) < 4.78 is 4.83. The fraction of sp³-hybridized carbons (Fsp3) is 0.312. The van der Waals surface area contributed by atoms with Crippen molar-refractivity contribution in [3.8, 4) is 0 Å². The van der Waals surface area contributed by atoms with Crippen molar-refractivity contribution >= 4 is 28.8 Å². The summed E-state index contributed by atoms with van der Waals surface area (Å²) in [6, 6.07) is 9.80. The van der Waals surface area contributed by atoms with Gasteiger partial charge < -0.3 is 10.1 Å². The van der Waals surface area contributed by atoms with Gasteiger partial charge >= 0.3 is 6.09 Å². The molecule has 0 aliphatic heterocycles. The van der Waals surface area contributed by atoms with E-state index in [2.05, 4.69) is 30.5 Å². The summed E-state index contributed by atoms with van der Waals surface area (Å²) >= 11 is 1.82. The Balaban J connectivity index is 1.90. The Kier molecular flexibility index (Phi) is 5.22. The van der Waals surface area contributed by atoms with Gasteiger partial charge in [0.2, 0.25) is 0 Å². The van der Waals surface area contributed by atoms with Crippen molar-refractivity contribution in [3.05, 3.63) is 45.6 Å². The summed E-state index contributed by atoms with van der Waals surface area (Å²) in [5.41, 5.74) is 3.07. The summed E-state index contributed by atoms with van der Waals surface area (Å²) in [5, 5.41) is 6.05. The van der Waals surface area contributed by atoms with Crippen LogP contribution in [0.5, 0.6) is 0 Å². The number of benzene rings is 1. The van der Waals surface area contributed by atoms with Crippen LogP contribution in [0.25, 0.3) is 0 Å². The minimum absolute atomic E-state index is 0.366. The Morgan fingerprint density at radius 2 is 1.86 bits per heavy atom. The van der Waals surface area contributed by atoms with Gasteiger partial charge in [-0.05, 0) is 56.7 Å². The average Bonchev–Trinajstić information content (AvgIpc) is 2.76. The fourth-order valence-corrected chi connectivity index (χ4v) is 2.96. The van der Waals surface area contributed by atoms with Crippen molar-refractivity contribution < 1.29 is 9.53 Å². The second kappa shape index (κ2) is 7.13. The van der Waals surface area contributed by atoms with E-state index in [9.17, 15) is 4.79 Å². The Bertz CT molecular complexity index is 605. The van der Waals surface area contributed by atoms with E-state index >= 15 is 0 Å². The Morgan fingerprint density at radius 1 is 1.19 bits per heavy atom. The van der Waals surface area contributed by atoms with E-state index in [-0.39, 0.29) is 0 Å². The van der Waals surface area contributed by atoms with Gasteiger partial charge in [0, 0.05) is 27.7 Å². The van der Waals surface area contributed by atoms with Gasteiger partial charge in [-0.3, -0.25) is 5.32 Å². The molecule has 21 heavy (non-hydrogen) atoms. The van der Waals surface area contributed by atoms with Crippen LogP contribution in [0, 0.1) is 13.8 Å². The predicted molar refractivity (Wildman–Crippen MR) is 88.2 cm³/mol. The third-order valence-corrected chi connectivity index (χ3v) is 4.04. The van der Waals surface area contributed by atoms with E-state index in [4.69, 9.17) is 4.74 Å². The second-order valence-electron chi connectivity index (χ2n) is 4.71. The minimum atomic E-state index is -0.428. The first kappa shape index (κ1) is 15.4. The lowest BCUT2D eigenvalue weighted by Crippen LogP contribution is -2.13. The number of aryl methyl sites for hydroxylation is 2. The molecular weight excluding hydrogens is 284 g/mol. The highest BCUT2D eigenvalue weighted by molar-refractivity contribution is 7.12. The van der Waals surface area contributed by atoms with E-state index in [0.29, 0.717) is 6.61 Å². The molecule has 0 bridgehead atoms. The van der Waals surface area contributed by atoms with Crippen LogP contribution in [0.1, 0.15) is 22.2 Å². The van der Waals surface area contributed by atoms with E-state index in [0.717, 1.165) is 17.9 Å². The van der Waals surface area contributed by atoms with Crippen molar-refractivity contribution in [1.82, 2.24) is 0 Å². The van der Waals surface area contributed by atoms with Crippen LogP contribution in [0.3, 0.4) is 0 Å². The maximum atomic E-state index is 11.3. The number of hydrogen-bond donors (Lipinski definition) is 2. The zero-order valence-corrected chi connectivity index (χ0v) is 13.3. The zero-order chi connectivity index (χ0) is 15.2. The number of amides is 1. The monoisotopic (exact) mass is 304 g/mol. The van der Waals surface area contributed by atoms with Crippen LogP contribution in [0.4, 0.5) is 16.2 Å². The lowest BCUT2D eigenvalue weighted by Gasteiger charge is -2.08. The first-order valence-corrected chi connectivity index (χ1v) is 7.73. The zero-order valence-electron chi connectivity index (χ0n) is 12.5. The van der Waals surface area contributed by atoms with E-state index in [1.54, 1.807) is 6.92 Å². The van der Waals surface area contributed by atoms with E-state index in [1.165, 1.54) is 15.3 Å². The van der Waals surface area contributed by atoms with Crippen molar-refractivity contribution in [2.24, 2.45) is 0 Å². The van der Waals surface area contributed by atoms with Gasteiger partial charge in [-0.1, -0.05) is 0 Å². The fourth-order valence-electron chi connectivity index (χ4n) is 2.01.